The molecule has 8 heteroatoms. The number of allylic oxidation sites excluding steroid dienone is 14. The number of quaternary nitrogens is 1. The average Bonchev–Trinajstić information content (AvgIpc) is 3.19. The van der Waals surface area contributed by atoms with Gasteiger partial charge < -0.3 is 28.6 Å². The van der Waals surface area contributed by atoms with Crippen LogP contribution >= 0.6 is 0 Å². The number of likely N-dealkylation sites (N-methyl/N-ethyl adjacent to an activating group) is 1. The Morgan fingerprint density at radius 3 is 1.47 bits per heavy atom. The average molecular weight is 824 g/mol. The summed E-state index contributed by atoms with van der Waals surface area (Å²) in [6, 6.07) is -0.739. The maximum absolute atomic E-state index is 12.7. The van der Waals surface area contributed by atoms with Gasteiger partial charge in [-0.15, -0.1) is 0 Å². The smallest absolute Gasteiger partial charge is 0.306 e. The monoisotopic (exact) mass is 824 g/mol. The quantitative estimate of drug-likeness (QED) is 0.0199. The number of carbonyl (C=O) groups excluding carboxylic acids is 3. The summed E-state index contributed by atoms with van der Waals surface area (Å²) < 4.78 is 17.1. The van der Waals surface area contributed by atoms with Crippen LogP contribution in [0.3, 0.4) is 0 Å². The van der Waals surface area contributed by atoms with Crippen LogP contribution in [0.2, 0.25) is 0 Å². The van der Waals surface area contributed by atoms with Crippen molar-refractivity contribution in [1.82, 2.24) is 0 Å². The maximum atomic E-state index is 12.7. The molecular weight excluding hydrogens is 739 g/mol. The van der Waals surface area contributed by atoms with Crippen molar-refractivity contribution in [3.63, 3.8) is 0 Å². The molecule has 0 bridgehead atoms. The van der Waals surface area contributed by atoms with Gasteiger partial charge in [0.25, 0.3) is 0 Å². The molecule has 2 unspecified atom stereocenters. The molecule has 0 radical (unpaired) electrons. The Hall–Kier alpha value is -3.49. The summed E-state index contributed by atoms with van der Waals surface area (Å²) in [6.45, 7) is 4.45. The Kier molecular flexibility index (Phi) is 38.8. The highest BCUT2D eigenvalue weighted by molar-refractivity contribution is 5.70. The first-order chi connectivity index (χ1) is 28.6. The number of carbonyl (C=O) groups is 3. The van der Waals surface area contributed by atoms with Gasteiger partial charge in [0.1, 0.15) is 12.6 Å². The second kappa shape index (κ2) is 41.3. The van der Waals surface area contributed by atoms with Crippen LogP contribution < -0.4 is 5.11 Å². The van der Waals surface area contributed by atoms with Gasteiger partial charge in [0.05, 0.1) is 40.3 Å². The van der Waals surface area contributed by atoms with Gasteiger partial charge in [-0.05, 0) is 57.8 Å². The summed E-state index contributed by atoms with van der Waals surface area (Å²) in [7, 11) is 5.38. The van der Waals surface area contributed by atoms with Crippen molar-refractivity contribution in [2.24, 2.45) is 0 Å². The van der Waals surface area contributed by atoms with E-state index >= 15 is 0 Å². The molecule has 336 valence electrons. The van der Waals surface area contributed by atoms with Gasteiger partial charge in [0.2, 0.25) is 0 Å². The molecule has 0 saturated heterocycles. The number of aliphatic carboxylic acids is 1. The molecule has 0 rings (SSSR count). The van der Waals surface area contributed by atoms with Gasteiger partial charge in [-0.3, -0.25) is 9.59 Å². The Bertz CT molecular complexity index is 1240. The molecule has 0 N–H and O–H groups in total. The SMILES string of the molecule is CC/C=C/C=C/C=C/C=C/C=C/C=C/CCCCCC(=O)OCC(COCCC(C(=O)[O-])[N+](C)(C)C)OC(=O)CCCCCCC/C=C/CCCCCCCCCCC. The van der Waals surface area contributed by atoms with E-state index in [-0.39, 0.29) is 42.7 Å². The lowest BCUT2D eigenvalue weighted by molar-refractivity contribution is -0.889. The molecule has 0 amide bonds. The number of nitrogens with zero attached hydrogens (tertiary/aromatic N) is 1. The van der Waals surface area contributed by atoms with Crippen molar-refractivity contribution in [2.45, 2.75) is 180 Å². The van der Waals surface area contributed by atoms with Crippen LogP contribution in [0.25, 0.3) is 0 Å². The van der Waals surface area contributed by atoms with Gasteiger partial charge >= 0.3 is 11.9 Å². The zero-order valence-electron chi connectivity index (χ0n) is 38.1. The van der Waals surface area contributed by atoms with Crippen molar-refractivity contribution >= 4 is 17.9 Å². The topological polar surface area (TPSA) is 102 Å². The lowest BCUT2D eigenvalue weighted by atomic mass is 10.1. The van der Waals surface area contributed by atoms with Crippen LogP contribution in [0.15, 0.2) is 85.1 Å². The highest BCUT2D eigenvalue weighted by Crippen LogP contribution is 2.13. The molecule has 0 fully saturated rings. The molecule has 0 aromatic rings. The number of hydrogen-bond acceptors (Lipinski definition) is 7. The maximum Gasteiger partial charge on any atom is 0.306 e. The van der Waals surface area contributed by atoms with Crippen LogP contribution in [-0.4, -0.2) is 75.5 Å². The standard InChI is InChI=1S/C51H85NO7/c1-6-8-10-12-14-16-18-20-22-24-26-28-30-32-34-36-38-40-42-50(54)59-47(45-57-44-43-48(51(55)56)52(3,4)5)46-58-49(53)41-39-37-35-33-31-29-27-25-23-21-19-17-15-13-11-9-7-2/h9,11,13,15,17,19,21,23,25-29,31,47-48H,6-8,10,12,14,16,18,20,22,24,30,32-46H2,1-5H3/b11-9+,15-13+,19-17+,23-21+,27-25+,28-26+,31-29+. The zero-order valence-corrected chi connectivity index (χ0v) is 38.1. The summed E-state index contributed by atoms with van der Waals surface area (Å²) in [5.74, 6) is -1.81. The molecular formula is C51H85NO7. The van der Waals surface area contributed by atoms with E-state index in [1.54, 1.807) is 21.1 Å². The van der Waals surface area contributed by atoms with E-state index in [0.29, 0.717) is 19.3 Å². The summed E-state index contributed by atoms with van der Waals surface area (Å²) >= 11 is 0. The van der Waals surface area contributed by atoms with Gasteiger partial charge in [0, 0.05) is 19.3 Å². The molecule has 8 nitrogen and oxygen atoms in total. The number of hydrogen-bond donors (Lipinski definition) is 0. The lowest BCUT2D eigenvalue weighted by Crippen LogP contribution is -2.55. The third-order valence-electron chi connectivity index (χ3n) is 9.93. The number of carboxylic acid groups (broad SMARTS) is 1. The zero-order chi connectivity index (χ0) is 43.5. The van der Waals surface area contributed by atoms with Crippen LogP contribution in [0.1, 0.15) is 168 Å². The van der Waals surface area contributed by atoms with Crippen LogP contribution in [0.5, 0.6) is 0 Å². The minimum atomic E-state index is -1.14. The fraction of sp³-hybridized carbons (Fsp3) is 0.667. The number of ether oxygens (including phenoxy) is 3. The van der Waals surface area contributed by atoms with E-state index in [0.717, 1.165) is 64.2 Å². The van der Waals surface area contributed by atoms with Crippen LogP contribution in [0, 0.1) is 0 Å². The summed E-state index contributed by atoms with van der Waals surface area (Å²) in [4.78, 5) is 36.9. The number of unbranched alkanes of at least 4 members (excludes halogenated alkanes) is 17. The Balaban J connectivity index is 4.43. The van der Waals surface area contributed by atoms with Crippen molar-refractivity contribution in [3.05, 3.63) is 85.1 Å². The lowest BCUT2D eigenvalue weighted by Gasteiger charge is -2.34. The first kappa shape index (κ1) is 55.5. The minimum absolute atomic E-state index is 0.0180. The van der Waals surface area contributed by atoms with E-state index in [9.17, 15) is 19.5 Å². The normalized spacial score (nSPS) is 13.7. The van der Waals surface area contributed by atoms with E-state index in [2.05, 4.69) is 38.2 Å². The van der Waals surface area contributed by atoms with Gasteiger partial charge in [-0.1, -0.05) is 176 Å². The highest BCUT2D eigenvalue weighted by Gasteiger charge is 2.25. The van der Waals surface area contributed by atoms with E-state index < -0.39 is 18.1 Å². The fourth-order valence-corrected chi connectivity index (χ4v) is 6.33. The van der Waals surface area contributed by atoms with Gasteiger partial charge in [0.15, 0.2) is 6.10 Å². The van der Waals surface area contributed by atoms with E-state index in [1.165, 1.54) is 64.2 Å². The van der Waals surface area contributed by atoms with Crippen molar-refractivity contribution in [2.75, 3.05) is 41.0 Å². The molecule has 0 aliphatic carbocycles. The molecule has 0 heterocycles. The van der Waals surface area contributed by atoms with Crippen molar-refractivity contribution in [1.29, 1.82) is 0 Å². The molecule has 59 heavy (non-hydrogen) atoms. The Morgan fingerprint density at radius 2 is 0.966 bits per heavy atom. The second-order valence-corrected chi connectivity index (χ2v) is 16.4. The largest absolute Gasteiger partial charge is 0.544 e. The molecule has 0 aromatic carbocycles. The summed E-state index contributed by atoms with van der Waals surface area (Å²) in [5, 5.41) is 11.6. The van der Waals surface area contributed by atoms with E-state index in [4.69, 9.17) is 14.2 Å². The molecule has 0 saturated carbocycles. The van der Waals surface area contributed by atoms with Crippen molar-refractivity contribution in [3.8, 4) is 0 Å². The third kappa shape index (κ3) is 39.7. The molecule has 0 aliphatic rings. The fourth-order valence-electron chi connectivity index (χ4n) is 6.33. The first-order valence-electron chi connectivity index (χ1n) is 23.2. The van der Waals surface area contributed by atoms with Crippen LogP contribution in [-0.2, 0) is 28.6 Å². The van der Waals surface area contributed by atoms with Gasteiger partial charge in [-0.2, -0.15) is 0 Å². The van der Waals surface area contributed by atoms with E-state index in [1.807, 2.05) is 60.8 Å². The number of rotatable bonds is 40. The highest BCUT2D eigenvalue weighted by atomic mass is 16.6. The van der Waals surface area contributed by atoms with Crippen molar-refractivity contribution < 1.29 is 38.2 Å². The minimum Gasteiger partial charge on any atom is -0.544 e. The van der Waals surface area contributed by atoms with Gasteiger partial charge in [-0.25, -0.2) is 0 Å². The number of esters is 2. The Labute approximate surface area is 361 Å². The molecule has 2 atom stereocenters. The predicted octanol–water partition coefficient (Wildman–Crippen LogP) is 11.6. The molecule has 0 aromatic heterocycles. The Morgan fingerprint density at radius 1 is 0.525 bits per heavy atom. The summed E-state index contributed by atoms with van der Waals surface area (Å²) in [6.07, 6.45) is 53.2. The summed E-state index contributed by atoms with van der Waals surface area (Å²) in [5.41, 5.74) is 0. The third-order valence-corrected chi connectivity index (χ3v) is 9.93. The second-order valence-electron chi connectivity index (χ2n) is 16.4. The first-order valence-corrected chi connectivity index (χ1v) is 23.2. The molecule has 0 spiro atoms. The predicted molar refractivity (Wildman–Crippen MR) is 245 cm³/mol. The number of carboxylic acids is 1. The molecule has 0 aliphatic heterocycles. The van der Waals surface area contributed by atoms with Crippen LogP contribution in [0.4, 0.5) is 0 Å².